The predicted octanol–water partition coefficient (Wildman–Crippen LogP) is 3.10. The van der Waals surface area contributed by atoms with Crippen molar-refractivity contribution in [2.24, 2.45) is 0 Å². The van der Waals surface area contributed by atoms with Gasteiger partial charge in [-0.05, 0) is 44.2 Å². The maximum Gasteiger partial charge on any atom is 0.244 e. The van der Waals surface area contributed by atoms with Gasteiger partial charge in [-0.1, -0.05) is 17.7 Å². The Morgan fingerprint density at radius 2 is 1.95 bits per heavy atom. The van der Waals surface area contributed by atoms with Gasteiger partial charge < -0.3 is 14.5 Å². The average molecular weight is 285 g/mol. The van der Waals surface area contributed by atoms with Crippen LogP contribution >= 0.6 is 0 Å². The Kier molecular flexibility index (Phi) is 5.21. The SMILES string of the molecule is Cc1ccc(OCCNC(=O)/C=C/c2ccc(C)o2)cc1. The molecule has 2 aromatic rings. The van der Waals surface area contributed by atoms with Crippen molar-refractivity contribution in [1.82, 2.24) is 5.32 Å². The fraction of sp³-hybridized carbons (Fsp3) is 0.235. The summed E-state index contributed by atoms with van der Waals surface area (Å²) in [4.78, 5) is 11.6. The summed E-state index contributed by atoms with van der Waals surface area (Å²) in [5.74, 6) is 2.12. The van der Waals surface area contributed by atoms with Crippen LogP contribution in [-0.4, -0.2) is 19.1 Å². The molecule has 0 fully saturated rings. The molecule has 1 aromatic carbocycles. The van der Waals surface area contributed by atoms with Gasteiger partial charge in [-0.2, -0.15) is 0 Å². The molecule has 4 nitrogen and oxygen atoms in total. The first kappa shape index (κ1) is 14.9. The molecule has 0 atom stereocenters. The molecule has 0 aliphatic heterocycles. The van der Waals surface area contributed by atoms with E-state index in [-0.39, 0.29) is 5.91 Å². The molecule has 21 heavy (non-hydrogen) atoms. The minimum atomic E-state index is -0.170. The fourth-order valence-electron chi connectivity index (χ4n) is 1.74. The highest BCUT2D eigenvalue weighted by Crippen LogP contribution is 2.10. The summed E-state index contributed by atoms with van der Waals surface area (Å²) in [6, 6.07) is 11.5. The first-order valence-electron chi connectivity index (χ1n) is 6.85. The Balaban J connectivity index is 1.67. The molecular formula is C17H19NO3. The monoisotopic (exact) mass is 285 g/mol. The summed E-state index contributed by atoms with van der Waals surface area (Å²) in [6.45, 7) is 4.77. The number of benzene rings is 1. The van der Waals surface area contributed by atoms with Gasteiger partial charge in [0.1, 0.15) is 23.9 Å². The van der Waals surface area contributed by atoms with Crippen LogP contribution in [-0.2, 0) is 4.79 Å². The number of ether oxygens (including phenoxy) is 1. The van der Waals surface area contributed by atoms with Gasteiger partial charge in [-0.3, -0.25) is 4.79 Å². The predicted molar refractivity (Wildman–Crippen MR) is 82.2 cm³/mol. The number of carbonyl (C=O) groups excluding carboxylic acids is 1. The van der Waals surface area contributed by atoms with Crippen LogP contribution in [0.15, 0.2) is 46.9 Å². The largest absolute Gasteiger partial charge is 0.492 e. The molecule has 0 spiro atoms. The van der Waals surface area contributed by atoms with Crippen LogP contribution in [0.2, 0.25) is 0 Å². The standard InChI is InChI=1S/C17H19NO3/c1-13-3-6-15(7-4-13)20-12-11-18-17(19)10-9-16-8-5-14(2)21-16/h3-10H,11-12H2,1-2H3,(H,18,19)/b10-9+. The molecular weight excluding hydrogens is 266 g/mol. The second-order valence-electron chi connectivity index (χ2n) is 4.73. The highest BCUT2D eigenvalue weighted by molar-refractivity contribution is 5.91. The van der Waals surface area contributed by atoms with E-state index >= 15 is 0 Å². The smallest absolute Gasteiger partial charge is 0.244 e. The molecule has 0 radical (unpaired) electrons. The van der Waals surface area contributed by atoms with Crippen molar-refractivity contribution in [3.8, 4) is 5.75 Å². The van der Waals surface area contributed by atoms with Crippen molar-refractivity contribution < 1.29 is 13.9 Å². The maximum absolute atomic E-state index is 11.6. The van der Waals surface area contributed by atoms with Crippen LogP contribution in [0.5, 0.6) is 5.75 Å². The van der Waals surface area contributed by atoms with Crippen LogP contribution < -0.4 is 10.1 Å². The second kappa shape index (κ2) is 7.33. The Bertz CT molecular complexity index is 611. The molecule has 0 bridgehead atoms. The zero-order chi connectivity index (χ0) is 15.1. The van der Waals surface area contributed by atoms with E-state index in [0.29, 0.717) is 18.9 Å². The van der Waals surface area contributed by atoms with E-state index < -0.39 is 0 Å². The van der Waals surface area contributed by atoms with Crippen molar-refractivity contribution in [2.45, 2.75) is 13.8 Å². The molecule has 0 saturated carbocycles. The lowest BCUT2D eigenvalue weighted by atomic mass is 10.2. The molecule has 2 rings (SSSR count). The Morgan fingerprint density at radius 1 is 1.19 bits per heavy atom. The second-order valence-corrected chi connectivity index (χ2v) is 4.73. The highest BCUT2D eigenvalue weighted by atomic mass is 16.5. The minimum Gasteiger partial charge on any atom is -0.492 e. The lowest BCUT2D eigenvalue weighted by molar-refractivity contribution is -0.116. The number of furan rings is 1. The molecule has 0 unspecified atom stereocenters. The van der Waals surface area contributed by atoms with E-state index in [2.05, 4.69) is 5.32 Å². The molecule has 1 aromatic heterocycles. The number of hydrogen-bond acceptors (Lipinski definition) is 3. The highest BCUT2D eigenvalue weighted by Gasteiger charge is 1.98. The first-order valence-corrected chi connectivity index (χ1v) is 6.85. The third-order valence-corrected chi connectivity index (χ3v) is 2.85. The number of hydrogen-bond donors (Lipinski definition) is 1. The van der Waals surface area contributed by atoms with Crippen LogP contribution in [0.4, 0.5) is 0 Å². The normalized spacial score (nSPS) is 10.8. The van der Waals surface area contributed by atoms with Crippen LogP contribution in [0.3, 0.4) is 0 Å². The molecule has 1 amide bonds. The lowest BCUT2D eigenvalue weighted by Gasteiger charge is -2.06. The number of rotatable bonds is 6. The van der Waals surface area contributed by atoms with Crippen LogP contribution in [0.1, 0.15) is 17.1 Å². The quantitative estimate of drug-likeness (QED) is 0.655. The summed E-state index contributed by atoms with van der Waals surface area (Å²) < 4.78 is 10.9. The molecule has 1 N–H and O–H groups in total. The maximum atomic E-state index is 11.6. The van der Waals surface area contributed by atoms with E-state index in [4.69, 9.17) is 9.15 Å². The van der Waals surface area contributed by atoms with Gasteiger partial charge in [0.05, 0.1) is 6.54 Å². The Labute approximate surface area is 124 Å². The van der Waals surface area contributed by atoms with Crippen molar-refractivity contribution in [1.29, 1.82) is 0 Å². The summed E-state index contributed by atoms with van der Waals surface area (Å²) in [5.41, 5.74) is 1.19. The van der Waals surface area contributed by atoms with E-state index in [0.717, 1.165) is 11.5 Å². The number of amides is 1. The Morgan fingerprint density at radius 3 is 2.62 bits per heavy atom. The number of aryl methyl sites for hydroxylation is 2. The van der Waals surface area contributed by atoms with Crippen molar-refractivity contribution >= 4 is 12.0 Å². The van der Waals surface area contributed by atoms with E-state index in [9.17, 15) is 4.79 Å². The van der Waals surface area contributed by atoms with Crippen molar-refractivity contribution in [3.63, 3.8) is 0 Å². The topological polar surface area (TPSA) is 51.5 Å². The van der Waals surface area contributed by atoms with E-state index in [1.165, 1.54) is 11.6 Å². The van der Waals surface area contributed by atoms with Gasteiger partial charge in [-0.15, -0.1) is 0 Å². The molecule has 0 saturated heterocycles. The molecule has 0 aliphatic rings. The summed E-state index contributed by atoms with van der Waals surface area (Å²) >= 11 is 0. The third kappa shape index (κ3) is 5.18. The summed E-state index contributed by atoms with van der Waals surface area (Å²) in [6.07, 6.45) is 3.09. The molecule has 0 aliphatic carbocycles. The first-order chi connectivity index (χ1) is 10.1. The van der Waals surface area contributed by atoms with Gasteiger partial charge in [0.25, 0.3) is 0 Å². The van der Waals surface area contributed by atoms with Crippen molar-refractivity contribution in [3.05, 3.63) is 59.6 Å². The van der Waals surface area contributed by atoms with Crippen LogP contribution in [0, 0.1) is 13.8 Å². The summed E-state index contributed by atoms with van der Waals surface area (Å²) in [7, 11) is 0. The number of nitrogens with one attached hydrogen (secondary N) is 1. The van der Waals surface area contributed by atoms with Gasteiger partial charge in [0, 0.05) is 6.08 Å². The molecule has 1 heterocycles. The number of carbonyl (C=O) groups is 1. The average Bonchev–Trinajstić information content (AvgIpc) is 2.89. The van der Waals surface area contributed by atoms with Crippen molar-refractivity contribution in [2.75, 3.05) is 13.2 Å². The lowest BCUT2D eigenvalue weighted by Crippen LogP contribution is -2.26. The third-order valence-electron chi connectivity index (χ3n) is 2.85. The molecule has 110 valence electrons. The van der Waals surface area contributed by atoms with Gasteiger partial charge >= 0.3 is 0 Å². The zero-order valence-electron chi connectivity index (χ0n) is 12.3. The van der Waals surface area contributed by atoms with E-state index in [1.54, 1.807) is 6.08 Å². The van der Waals surface area contributed by atoms with Crippen LogP contribution in [0.25, 0.3) is 6.08 Å². The van der Waals surface area contributed by atoms with Gasteiger partial charge in [0.15, 0.2) is 0 Å². The Hall–Kier alpha value is -2.49. The molecule has 4 heteroatoms. The minimum absolute atomic E-state index is 0.170. The fourth-order valence-corrected chi connectivity index (χ4v) is 1.74. The zero-order valence-corrected chi connectivity index (χ0v) is 12.3. The van der Waals surface area contributed by atoms with Gasteiger partial charge in [-0.25, -0.2) is 0 Å². The van der Waals surface area contributed by atoms with Gasteiger partial charge in [0.2, 0.25) is 5.91 Å². The summed E-state index contributed by atoms with van der Waals surface area (Å²) in [5, 5.41) is 2.75. The van der Waals surface area contributed by atoms with E-state index in [1.807, 2.05) is 50.2 Å².